The Labute approximate surface area is 79.9 Å². The Morgan fingerprint density at radius 2 is 1.92 bits per heavy atom. The summed E-state index contributed by atoms with van der Waals surface area (Å²) in [6, 6.07) is 6.08. The highest BCUT2D eigenvalue weighted by molar-refractivity contribution is 5.77. The highest BCUT2D eigenvalue weighted by Gasteiger charge is 2.02. The maximum Gasteiger partial charge on any atom is -0.0115 e. The summed E-state index contributed by atoms with van der Waals surface area (Å²) in [4.78, 5) is 0. The van der Waals surface area contributed by atoms with Gasteiger partial charge in [0.05, 0.1) is 0 Å². The predicted molar refractivity (Wildman–Crippen MR) is 61.3 cm³/mol. The van der Waals surface area contributed by atoms with E-state index in [4.69, 9.17) is 0 Å². The smallest absolute Gasteiger partial charge is 0.0115 e. The van der Waals surface area contributed by atoms with Crippen LogP contribution in [0.15, 0.2) is 37.9 Å². The van der Waals surface area contributed by atoms with E-state index in [1.54, 1.807) is 0 Å². The molecule has 1 aromatic carbocycles. The Hall–Kier alpha value is -1.56. The highest BCUT2D eigenvalue weighted by Crippen LogP contribution is 2.22. The van der Waals surface area contributed by atoms with E-state index in [1.165, 1.54) is 0 Å². The van der Waals surface area contributed by atoms with Crippen molar-refractivity contribution in [1.82, 2.24) is 0 Å². The fraction of sp³-hybridized carbons (Fsp3) is 0.0769. The Morgan fingerprint density at radius 1 is 1.23 bits per heavy atom. The van der Waals surface area contributed by atoms with Crippen molar-refractivity contribution in [1.29, 1.82) is 0 Å². The van der Waals surface area contributed by atoms with Crippen LogP contribution in [0.1, 0.15) is 23.6 Å². The molecule has 13 heavy (non-hydrogen) atoms. The van der Waals surface area contributed by atoms with Gasteiger partial charge in [0.2, 0.25) is 0 Å². The molecule has 0 aliphatic carbocycles. The third-order valence-corrected chi connectivity index (χ3v) is 2.02. The van der Waals surface area contributed by atoms with Crippen LogP contribution in [-0.4, -0.2) is 0 Å². The van der Waals surface area contributed by atoms with Crippen LogP contribution in [0.4, 0.5) is 0 Å². The summed E-state index contributed by atoms with van der Waals surface area (Å²) < 4.78 is 0. The molecule has 0 unspecified atom stereocenters. The third kappa shape index (κ3) is 1.78. The quantitative estimate of drug-likeness (QED) is 0.643. The summed E-state index contributed by atoms with van der Waals surface area (Å²) in [5.74, 6) is 0. The minimum atomic E-state index is 1.05. The summed E-state index contributed by atoms with van der Waals surface area (Å²) in [6.07, 6.45) is 3.68. The number of allylic oxidation sites excluding steroid dienone is 1. The van der Waals surface area contributed by atoms with Crippen LogP contribution in [0.2, 0.25) is 0 Å². The normalized spacial score (nSPS) is 9.31. The summed E-state index contributed by atoms with van der Waals surface area (Å²) in [6.45, 7) is 13.5. The van der Waals surface area contributed by atoms with E-state index in [-0.39, 0.29) is 0 Å². The van der Waals surface area contributed by atoms with Gasteiger partial charge in [0.1, 0.15) is 0 Å². The molecule has 66 valence electrons. The van der Waals surface area contributed by atoms with E-state index in [0.29, 0.717) is 0 Å². The first kappa shape index (κ1) is 9.53. The molecule has 0 bridgehead atoms. The number of hydrogen-bond donors (Lipinski definition) is 0. The topological polar surface area (TPSA) is 0 Å². The highest BCUT2D eigenvalue weighted by atomic mass is 14.1. The summed E-state index contributed by atoms with van der Waals surface area (Å²) in [7, 11) is 0. The average Bonchev–Trinajstić information content (AvgIpc) is 2.16. The van der Waals surface area contributed by atoms with Crippen molar-refractivity contribution in [2.45, 2.75) is 6.92 Å². The van der Waals surface area contributed by atoms with E-state index in [1.807, 2.05) is 37.3 Å². The lowest BCUT2D eigenvalue weighted by atomic mass is 9.97. The maximum atomic E-state index is 3.93. The van der Waals surface area contributed by atoms with Gasteiger partial charge in [-0.3, -0.25) is 0 Å². The Balaban J connectivity index is 3.43. The molecule has 0 nitrogen and oxygen atoms in total. The maximum absolute atomic E-state index is 3.93. The van der Waals surface area contributed by atoms with Crippen LogP contribution in [-0.2, 0) is 0 Å². The third-order valence-electron chi connectivity index (χ3n) is 2.02. The fourth-order valence-electron chi connectivity index (χ4n) is 1.36. The predicted octanol–water partition coefficient (Wildman–Crippen LogP) is 4.01. The van der Waals surface area contributed by atoms with E-state index in [2.05, 4.69) is 19.7 Å². The lowest BCUT2D eigenvalue weighted by molar-refractivity contribution is 1.52. The van der Waals surface area contributed by atoms with Gasteiger partial charge in [0, 0.05) is 0 Å². The zero-order chi connectivity index (χ0) is 9.84. The number of hydrogen-bond acceptors (Lipinski definition) is 0. The minimum Gasteiger partial charge on any atom is -0.0984 e. The van der Waals surface area contributed by atoms with Gasteiger partial charge in [-0.15, -0.1) is 0 Å². The lowest BCUT2D eigenvalue weighted by Crippen LogP contribution is -1.87. The van der Waals surface area contributed by atoms with Gasteiger partial charge in [0.15, 0.2) is 0 Å². The van der Waals surface area contributed by atoms with Gasteiger partial charge in [-0.1, -0.05) is 55.7 Å². The Kier molecular flexibility index (Phi) is 2.86. The zero-order valence-corrected chi connectivity index (χ0v) is 8.01. The van der Waals surface area contributed by atoms with Gasteiger partial charge >= 0.3 is 0 Å². The molecule has 0 spiro atoms. The van der Waals surface area contributed by atoms with Gasteiger partial charge < -0.3 is 0 Å². The first-order chi connectivity index (χ1) is 6.20. The van der Waals surface area contributed by atoms with Crippen molar-refractivity contribution in [2.24, 2.45) is 0 Å². The second kappa shape index (κ2) is 3.90. The number of rotatable bonds is 3. The standard InChI is InChI=1S/C13H14/c1-5-11-8-7-9-13(10(3)4)12(11)6-2/h5-9H,1-3H2,4H3. The second-order valence-electron chi connectivity index (χ2n) is 3.00. The zero-order valence-electron chi connectivity index (χ0n) is 8.01. The molecule has 1 rings (SSSR count). The monoisotopic (exact) mass is 170 g/mol. The molecule has 0 heteroatoms. The van der Waals surface area contributed by atoms with Crippen LogP contribution >= 0.6 is 0 Å². The molecule has 0 aliphatic rings. The van der Waals surface area contributed by atoms with Gasteiger partial charge in [-0.25, -0.2) is 0 Å². The van der Waals surface area contributed by atoms with E-state index >= 15 is 0 Å². The molecule has 0 aromatic heterocycles. The van der Waals surface area contributed by atoms with Crippen molar-refractivity contribution in [3.63, 3.8) is 0 Å². The molecular weight excluding hydrogens is 156 g/mol. The van der Waals surface area contributed by atoms with Crippen LogP contribution < -0.4 is 0 Å². The van der Waals surface area contributed by atoms with Crippen molar-refractivity contribution in [3.05, 3.63) is 54.6 Å². The molecule has 0 radical (unpaired) electrons. The van der Waals surface area contributed by atoms with Crippen molar-refractivity contribution < 1.29 is 0 Å². The first-order valence-electron chi connectivity index (χ1n) is 4.24. The van der Waals surface area contributed by atoms with E-state index < -0.39 is 0 Å². The van der Waals surface area contributed by atoms with Gasteiger partial charge in [-0.2, -0.15) is 0 Å². The molecule has 0 saturated heterocycles. The molecule has 0 amide bonds. The SMILES string of the molecule is C=Cc1cccc(C(=C)C)c1C=C. The van der Waals surface area contributed by atoms with Crippen LogP contribution in [0.3, 0.4) is 0 Å². The number of benzene rings is 1. The molecule has 0 heterocycles. The summed E-state index contributed by atoms with van der Waals surface area (Å²) in [5, 5.41) is 0. The molecule has 0 fully saturated rings. The molecule has 0 saturated carbocycles. The van der Waals surface area contributed by atoms with Crippen molar-refractivity contribution >= 4 is 17.7 Å². The Morgan fingerprint density at radius 3 is 2.38 bits per heavy atom. The van der Waals surface area contributed by atoms with Gasteiger partial charge in [0.25, 0.3) is 0 Å². The fourth-order valence-corrected chi connectivity index (χ4v) is 1.36. The van der Waals surface area contributed by atoms with E-state index in [9.17, 15) is 0 Å². The second-order valence-corrected chi connectivity index (χ2v) is 3.00. The minimum absolute atomic E-state index is 1.05. The molecule has 0 aliphatic heterocycles. The average molecular weight is 170 g/mol. The molecule has 0 atom stereocenters. The Bertz CT molecular complexity index is 356. The van der Waals surface area contributed by atoms with Gasteiger partial charge in [-0.05, 0) is 23.6 Å². The first-order valence-corrected chi connectivity index (χ1v) is 4.24. The van der Waals surface area contributed by atoms with Crippen LogP contribution in [0.25, 0.3) is 17.7 Å². The van der Waals surface area contributed by atoms with Crippen LogP contribution in [0, 0.1) is 0 Å². The summed E-state index contributed by atoms with van der Waals surface area (Å²) in [5.41, 5.74) is 4.42. The molecular formula is C13H14. The van der Waals surface area contributed by atoms with Crippen LogP contribution in [0.5, 0.6) is 0 Å². The van der Waals surface area contributed by atoms with E-state index in [0.717, 1.165) is 22.3 Å². The molecule has 1 aromatic rings. The lowest BCUT2D eigenvalue weighted by Gasteiger charge is -2.08. The largest absolute Gasteiger partial charge is 0.0984 e. The van der Waals surface area contributed by atoms with Crippen molar-refractivity contribution in [3.8, 4) is 0 Å². The summed E-state index contributed by atoms with van der Waals surface area (Å²) >= 11 is 0. The van der Waals surface area contributed by atoms with Crippen molar-refractivity contribution in [2.75, 3.05) is 0 Å². The molecule has 0 N–H and O–H groups in total.